The zero-order valence-electron chi connectivity index (χ0n) is 10.4. The molecule has 104 valence electrons. The molecule has 1 aromatic carbocycles. The van der Waals surface area contributed by atoms with Crippen molar-refractivity contribution in [2.45, 2.75) is 25.2 Å². The van der Waals surface area contributed by atoms with Gasteiger partial charge in [0.2, 0.25) is 6.43 Å². The molecule has 0 saturated carbocycles. The third kappa shape index (κ3) is 3.29. The molecule has 1 fully saturated rings. The van der Waals surface area contributed by atoms with Crippen molar-refractivity contribution in [1.29, 1.82) is 0 Å². The van der Waals surface area contributed by atoms with E-state index in [-0.39, 0.29) is 11.5 Å². The van der Waals surface area contributed by atoms with Gasteiger partial charge in [-0.15, -0.1) is 0 Å². The Balaban J connectivity index is 2.20. The third-order valence-corrected chi connectivity index (χ3v) is 3.59. The Bertz CT molecular complexity index is 425. The van der Waals surface area contributed by atoms with Crippen LogP contribution >= 0.6 is 0 Å². The minimum absolute atomic E-state index is 0.107. The highest BCUT2D eigenvalue weighted by molar-refractivity contribution is 5.87. The van der Waals surface area contributed by atoms with Crippen LogP contribution in [0, 0.1) is 5.92 Å². The van der Waals surface area contributed by atoms with Crippen LogP contribution in [0.5, 0.6) is 0 Å². The van der Waals surface area contributed by atoms with Crippen molar-refractivity contribution in [2.75, 3.05) is 13.2 Å². The van der Waals surface area contributed by atoms with Crippen molar-refractivity contribution in [2.24, 2.45) is 5.92 Å². The van der Waals surface area contributed by atoms with E-state index in [1.54, 1.807) is 0 Å². The Labute approximate surface area is 110 Å². The summed E-state index contributed by atoms with van der Waals surface area (Å²) in [6.07, 6.45) is -1.20. The maximum atomic E-state index is 13.3. The fourth-order valence-corrected chi connectivity index (χ4v) is 2.55. The lowest BCUT2D eigenvalue weighted by molar-refractivity contribution is 0.0186. The third-order valence-electron chi connectivity index (χ3n) is 3.59. The van der Waals surface area contributed by atoms with Gasteiger partial charge in [-0.2, -0.15) is 0 Å². The fourth-order valence-electron chi connectivity index (χ4n) is 2.55. The molecule has 2 rings (SSSR count). The molecule has 0 radical (unpaired) electrons. The number of rotatable bonds is 4. The Morgan fingerprint density at radius 2 is 1.79 bits per heavy atom. The summed E-state index contributed by atoms with van der Waals surface area (Å²) in [7, 11) is 0. The Morgan fingerprint density at radius 1 is 1.21 bits per heavy atom. The number of aromatic carboxylic acids is 1. The van der Waals surface area contributed by atoms with Gasteiger partial charge in [-0.1, -0.05) is 12.1 Å². The van der Waals surface area contributed by atoms with Crippen molar-refractivity contribution < 1.29 is 23.4 Å². The number of hydrogen-bond acceptors (Lipinski definition) is 2. The molecule has 1 aromatic rings. The van der Waals surface area contributed by atoms with E-state index in [9.17, 15) is 13.6 Å². The molecule has 1 saturated heterocycles. The molecule has 0 bridgehead atoms. The van der Waals surface area contributed by atoms with Gasteiger partial charge < -0.3 is 9.84 Å². The number of halogens is 2. The molecule has 1 atom stereocenters. The molecule has 0 aliphatic carbocycles. The number of alkyl halides is 2. The summed E-state index contributed by atoms with van der Waals surface area (Å²) in [6.45, 7) is 1.03. The maximum Gasteiger partial charge on any atom is 0.335 e. The summed E-state index contributed by atoms with van der Waals surface area (Å²) < 4.78 is 31.7. The molecule has 0 spiro atoms. The quantitative estimate of drug-likeness (QED) is 0.914. The smallest absolute Gasteiger partial charge is 0.335 e. The lowest BCUT2D eigenvalue weighted by atomic mass is 9.81. The van der Waals surface area contributed by atoms with Crippen LogP contribution in [-0.2, 0) is 4.74 Å². The van der Waals surface area contributed by atoms with Crippen LogP contribution in [0.4, 0.5) is 8.78 Å². The van der Waals surface area contributed by atoms with E-state index in [1.807, 2.05) is 0 Å². The number of hydrogen-bond donors (Lipinski definition) is 1. The van der Waals surface area contributed by atoms with Crippen molar-refractivity contribution in [3.8, 4) is 0 Å². The predicted molar refractivity (Wildman–Crippen MR) is 65.7 cm³/mol. The zero-order chi connectivity index (χ0) is 13.8. The molecule has 3 nitrogen and oxygen atoms in total. The van der Waals surface area contributed by atoms with Gasteiger partial charge >= 0.3 is 5.97 Å². The fraction of sp³-hybridized carbons (Fsp3) is 0.500. The van der Waals surface area contributed by atoms with Gasteiger partial charge in [0.05, 0.1) is 5.56 Å². The van der Waals surface area contributed by atoms with Crippen molar-refractivity contribution in [1.82, 2.24) is 0 Å². The first-order valence-electron chi connectivity index (χ1n) is 6.28. The van der Waals surface area contributed by atoms with Gasteiger partial charge in [0, 0.05) is 19.1 Å². The standard InChI is InChI=1S/C14H16F2O3/c15-13(16)12(10-5-7-19-8-6-10)9-1-3-11(4-2-9)14(17)18/h1-4,10,12-13H,5-8H2,(H,17,18). The van der Waals surface area contributed by atoms with E-state index in [2.05, 4.69) is 0 Å². The topological polar surface area (TPSA) is 46.5 Å². The van der Waals surface area contributed by atoms with Crippen molar-refractivity contribution in [3.05, 3.63) is 35.4 Å². The highest BCUT2D eigenvalue weighted by Crippen LogP contribution is 2.36. The first-order chi connectivity index (χ1) is 9.09. The van der Waals surface area contributed by atoms with Crippen LogP contribution < -0.4 is 0 Å². The first kappa shape index (κ1) is 13.9. The van der Waals surface area contributed by atoms with Gasteiger partial charge in [-0.05, 0) is 36.5 Å². The second-order valence-corrected chi connectivity index (χ2v) is 4.74. The first-order valence-corrected chi connectivity index (χ1v) is 6.28. The molecule has 19 heavy (non-hydrogen) atoms. The SMILES string of the molecule is O=C(O)c1ccc(C(C(F)F)C2CCOCC2)cc1. The van der Waals surface area contributed by atoms with Gasteiger partial charge in [0.15, 0.2) is 0 Å². The van der Waals surface area contributed by atoms with Crippen LogP contribution in [-0.4, -0.2) is 30.7 Å². The van der Waals surface area contributed by atoms with E-state index in [4.69, 9.17) is 9.84 Å². The molecule has 1 aliphatic rings. The summed E-state index contributed by atoms with van der Waals surface area (Å²) in [5.41, 5.74) is 0.621. The van der Waals surface area contributed by atoms with Gasteiger partial charge in [0.1, 0.15) is 0 Å². The Morgan fingerprint density at radius 3 is 2.26 bits per heavy atom. The molecule has 5 heteroatoms. The number of carbonyl (C=O) groups is 1. The minimum atomic E-state index is -2.45. The second-order valence-electron chi connectivity index (χ2n) is 4.74. The highest BCUT2D eigenvalue weighted by atomic mass is 19.3. The second kappa shape index (κ2) is 6.10. The van der Waals surface area contributed by atoms with Gasteiger partial charge in [0.25, 0.3) is 0 Å². The molecule has 0 aromatic heterocycles. The van der Waals surface area contributed by atoms with Gasteiger partial charge in [-0.3, -0.25) is 0 Å². The lowest BCUT2D eigenvalue weighted by Gasteiger charge is -2.30. The molecule has 0 amide bonds. The Hall–Kier alpha value is -1.49. The molecule has 1 N–H and O–H groups in total. The average molecular weight is 270 g/mol. The van der Waals surface area contributed by atoms with Crippen LogP contribution in [0.2, 0.25) is 0 Å². The molecule has 1 heterocycles. The van der Waals surface area contributed by atoms with E-state index in [1.165, 1.54) is 24.3 Å². The van der Waals surface area contributed by atoms with Crippen LogP contribution in [0.3, 0.4) is 0 Å². The summed E-state index contributed by atoms with van der Waals surface area (Å²) in [6, 6.07) is 5.75. The maximum absolute atomic E-state index is 13.3. The number of ether oxygens (including phenoxy) is 1. The van der Waals surface area contributed by atoms with Crippen molar-refractivity contribution in [3.63, 3.8) is 0 Å². The number of carboxylic acid groups (broad SMARTS) is 1. The Kier molecular flexibility index (Phi) is 4.47. The molecular weight excluding hydrogens is 254 g/mol. The minimum Gasteiger partial charge on any atom is -0.478 e. The monoisotopic (exact) mass is 270 g/mol. The number of benzene rings is 1. The summed E-state index contributed by atoms with van der Waals surface area (Å²) in [5, 5.41) is 8.81. The predicted octanol–water partition coefficient (Wildman–Crippen LogP) is 3.16. The van der Waals surface area contributed by atoms with Crippen LogP contribution in [0.1, 0.15) is 34.7 Å². The summed E-state index contributed by atoms with van der Waals surface area (Å²) in [5.74, 6) is -2.00. The summed E-state index contributed by atoms with van der Waals surface area (Å²) in [4.78, 5) is 10.8. The largest absolute Gasteiger partial charge is 0.478 e. The zero-order valence-corrected chi connectivity index (χ0v) is 10.4. The van der Waals surface area contributed by atoms with E-state index < -0.39 is 18.3 Å². The normalized spacial score (nSPS) is 18.5. The summed E-state index contributed by atoms with van der Waals surface area (Å²) >= 11 is 0. The van der Waals surface area contributed by atoms with Crippen LogP contribution in [0.25, 0.3) is 0 Å². The average Bonchev–Trinajstić information content (AvgIpc) is 2.40. The van der Waals surface area contributed by atoms with E-state index >= 15 is 0 Å². The highest BCUT2D eigenvalue weighted by Gasteiger charge is 2.32. The van der Waals surface area contributed by atoms with Gasteiger partial charge in [-0.25, -0.2) is 13.6 Å². The lowest BCUT2D eigenvalue weighted by Crippen LogP contribution is -2.26. The number of carboxylic acids is 1. The van der Waals surface area contributed by atoms with Crippen LogP contribution in [0.15, 0.2) is 24.3 Å². The van der Waals surface area contributed by atoms with E-state index in [0.29, 0.717) is 31.6 Å². The van der Waals surface area contributed by atoms with Crippen molar-refractivity contribution >= 4 is 5.97 Å². The van der Waals surface area contributed by atoms with E-state index in [0.717, 1.165) is 0 Å². The molecular formula is C14H16F2O3. The molecule has 1 unspecified atom stereocenters. The molecule has 1 aliphatic heterocycles.